The number of ether oxygens (including phenoxy) is 1. The van der Waals surface area contributed by atoms with E-state index < -0.39 is 0 Å². The molecule has 1 aromatic heterocycles. The first-order valence-electron chi connectivity index (χ1n) is 5.65. The first kappa shape index (κ1) is 11.3. The highest BCUT2D eigenvalue weighted by molar-refractivity contribution is 5.39. The first-order valence-corrected chi connectivity index (χ1v) is 5.65. The van der Waals surface area contributed by atoms with E-state index in [0.29, 0.717) is 6.04 Å². The van der Waals surface area contributed by atoms with E-state index in [-0.39, 0.29) is 5.41 Å². The summed E-state index contributed by atoms with van der Waals surface area (Å²) < 4.78 is 5.13. The number of aryl methyl sites for hydroxylation is 1. The summed E-state index contributed by atoms with van der Waals surface area (Å²) in [6, 6.07) is 2.44. The van der Waals surface area contributed by atoms with E-state index in [4.69, 9.17) is 4.74 Å². The van der Waals surface area contributed by atoms with Crippen molar-refractivity contribution < 1.29 is 4.74 Å². The third-order valence-corrected chi connectivity index (χ3v) is 2.60. The van der Waals surface area contributed by atoms with Gasteiger partial charge in [0.25, 0.3) is 0 Å². The molecule has 0 bridgehead atoms. The smallest absolute Gasteiger partial charge is 0.130 e. The Morgan fingerprint density at radius 3 is 2.50 bits per heavy atom. The summed E-state index contributed by atoms with van der Waals surface area (Å²) in [5, 5.41) is 3.36. The third-order valence-electron chi connectivity index (χ3n) is 2.60. The summed E-state index contributed by atoms with van der Waals surface area (Å²) in [5.41, 5.74) is 1.13. The number of hydrogen-bond acceptors (Lipinski definition) is 4. The molecule has 0 aromatic carbocycles. The monoisotopic (exact) mass is 221 g/mol. The average Bonchev–Trinajstić information content (AvgIpc) is 2.09. The molecule has 4 heteroatoms. The molecule has 0 atom stereocenters. The molecule has 4 nitrogen and oxygen atoms in total. The fourth-order valence-corrected chi connectivity index (χ4v) is 1.55. The molecule has 16 heavy (non-hydrogen) atoms. The lowest BCUT2D eigenvalue weighted by molar-refractivity contribution is 0.0209. The van der Waals surface area contributed by atoms with Crippen LogP contribution in [0.4, 0.5) is 5.82 Å². The molecule has 2 rings (SSSR count). The second-order valence-corrected chi connectivity index (χ2v) is 5.31. The van der Waals surface area contributed by atoms with Crippen LogP contribution < -0.4 is 5.32 Å². The van der Waals surface area contributed by atoms with Crippen LogP contribution in [0.1, 0.15) is 32.3 Å². The van der Waals surface area contributed by atoms with Gasteiger partial charge in [-0.25, -0.2) is 9.97 Å². The normalized spacial score (nSPS) is 17.0. The van der Waals surface area contributed by atoms with Gasteiger partial charge in [0.1, 0.15) is 11.6 Å². The van der Waals surface area contributed by atoms with Crippen molar-refractivity contribution in [3.05, 3.63) is 17.6 Å². The maximum absolute atomic E-state index is 5.13. The number of anilines is 1. The van der Waals surface area contributed by atoms with Crippen LogP contribution >= 0.6 is 0 Å². The quantitative estimate of drug-likeness (QED) is 0.828. The maximum atomic E-state index is 5.13. The summed E-state index contributed by atoms with van der Waals surface area (Å²) in [6.45, 7) is 9.94. The molecular weight excluding hydrogens is 202 g/mol. The van der Waals surface area contributed by atoms with Gasteiger partial charge in [0, 0.05) is 11.5 Å². The van der Waals surface area contributed by atoms with Gasteiger partial charge >= 0.3 is 0 Å². The fraction of sp³-hybridized carbons (Fsp3) is 0.667. The van der Waals surface area contributed by atoms with E-state index in [1.54, 1.807) is 0 Å². The van der Waals surface area contributed by atoms with Crippen molar-refractivity contribution in [3.8, 4) is 0 Å². The fourth-order valence-electron chi connectivity index (χ4n) is 1.55. The number of hydrogen-bond donors (Lipinski definition) is 1. The van der Waals surface area contributed by atoms with E-state index in [1.165, 1.54) is 0 Å². The van der Waals surface area contributed by atoms with Crippen molar-refractivity contribution in [2.75, 3.05) is 18.5 Å². The van der Waals surface area contributed by atoms with Crippen molar-refractivity contribution >= 4 is 5.82 Å². The molecule has 2 heterocycles. The Kier molecular flexibility index (Phi) is 2.84. The van der Waals surface area contributed by atoms with Gasteiger partial charge < -0.3 is 10.1 Å². The highest BCUT2D eigenvalue weighted by atomic mass is 16.5. The van der Waals surface area contributed by atoms with Gasteiger partial charge in [-0.15, -0.1) is 0 Å². The highest BCUT2D eigenvalue weighted by Crippen LogP contribution is 2.22. The number of rotatable bonds is 2. The molecule has 1 aliphatic rings. The van der Waals surface area contributed by atoms with Gasteiger partial charge in [-0.05, 0) is 6.92 Å². The standard InChI is InChI=1S/C12H19N3O/c1-8-13-10(12(2,3)4)5-11(14-8)15-9-6-16-7-9/h5,9H,6-7H2,1-4H3,(H,13,14,15). The van der Waals surface area contributed by atoms with Gasteiger partial charge in [0.05, 0.1) is 24.9 Å². The van der Waals surface area contributed by atoms with Crippen LogP contribution in [0.5, 0.6) is 0 Å². The van der Waals surface area contributed by atoms with Crippen molar-refractivity contribution in [1.82, 2.24) is 9.97 Å². The molecular formula is C12H19N3O. The molecule has 88 valence electrons. The van der Waals surface area contributed by atoms with Crippen LogP contribution in [0, 0.1) is 6.92 Å². The molecule has 0 aliphatic carbocycles. The van der Waals surface area contributed by atoms with Crippen LogP contribution in [-0.2, 0) is 10.2 Å². The molecule has 1 fully saturated rings. The molecule has 1 saturated heterocycles. The topological polar surface area (TPSA) is 47.0 Å². The van der Waals surface area contributed by atoms with Gasteiger partial charge in [0.15, 0.2) is 0 Å². The van der Waals surface area contributed by atoms with Gasteiger partial charge in [-0.2, -0.15) is 0 Å². The van der Waals surface area contributed by atoms with Crippen LogP contribution in [0.25, 0.3) is 0 Å². The summed E-state index contributed by atoms with van der Waals surface area (Å²) in [4.78, 5) is 8.87. The maximum Gasteiger partial charge on any atom is 0.130 e. The van der Waals surface area contributed by atoms with Crippen molar-refractivity contribution in [1.29, 1.82) is 0 Å². The second-order valence-electron chi connectivity index (χ2n) is 5.31. The minimum absolute atomic E-state index is 0.0558. The number of nitrogens with one attached hydrogen (secondary N) is 1. The zero-order valence-corrected chi connectivity index (χ0v) is 10.4. The van der Waals surface area contributed by atoms with Crippen LogP contribution in [0.3, 0.4) is 0 Å². The largest absolute Gasteiger partial charge is 0.377 e. The molecule has 0 unspecified atom stereocenters. The Balaban J connectivity index is 2.21. The lowest BCUT2D eigenvalue weighted by atomic mass is 9.92. The van der Waals surface area contributed by atoms with Crippen LogP contribution in [0.2, 0.25) is 0 Å². The Morgan fingerprint density at radius 2 is 2.00 bits per heavy atom. The third kappa shape index (κ3) is 2.50. The highest BCUT2D eigenvalue weighted by Gasteiger charge is 2.21. The molecule has 0 amide bonds. The Bertz CT molecular complexity index is 380. The van der Waals surface area contributed by atoms with E-state index >= 15 is 0 Å². The summed E-state index contributed by atoms with van der Waals surface area (Å²) >= 11 is 0. The predicted molar refractivity (Wildman–Crippen MR) is 63.7 cm³/mol. The number of nitrogens with zero attached hydrogens (tertiary/aromatic N) is 2. The van der Waals surface area contributed by atoms with Gasteiger partial charge in [-0.3, -0.25) is 0 Å². The number of aromatic nitrogens is 2. The van der Waals surface area contributed by atoms with E-state index in [9.17, 15) is 0 Å². The second kappa shape index (κ2) is 4.01. The van der Waals surface area contributed by atoms with Gasteiger partial charge in [0.2, 0.25) is 0 Å². The first-order chi connectivity index (χ1) is 7.45. The SMILES string of the molecule is Cc1nc(NC2COC2)cc(C(C)(C)C)n1. The van der Waals surface area contributed by atoms with Crippen molar-refractivity contribution in [2.45, 2.75) is 39.2 Å². The minimum Gasteiger partial charge on any atom is -0.377 e. The van der Waals surface area contributed by atoms with Crippen LogP contribution in [0.15, 0.2) is 6.07 Å². The van der Waals surface area contributed by atoms with Crippen molar-refractivity contribution in [3.63, 3.8) is 0 Å². The summed E-state index contributed by atoms with van der Waals surface area (Å²) in [5.74, 6) is 1.72. The molecule has 0 saturated carbocycles. The summed E-state index contributed by atoms with van der Waals surface area (Å²) in [6.07, 6.45) is 0. The minimum atomic E-state index is 0.0558. The Morgan fingerprint density at radius 1 is 1.31 bits per heavy atom. The zero-order valence-electron chi connectivity index (χ0n) is 10.4. The predicted octanol–water partition coefficient (Wildman–Crippen LogP) is 1.89. The Labute approximate surface area is 96.4 Å². The van der Waals surface area contributed by atoms with E-state index in [1.807, 2.05) is 13.0 Å². The van der Waals surface area contributed by atoms with Crippen LogP contribution in [-0.4, -0.2) is 29.2 Å². The lowest BCUT2D eigenvalue weighted by Gasteiger charge is -2.28. The molecule has 0 spiro atoms. The molecule has 1 aromatic rings. The van der Waals surface area contributed by atoms with Gasteiger partial charge in [-0.1, -0.05) is 20.8 Å². The summed E-state index contributed by atoms with van der Waals surface area (Å²) in [7, 11) is 0. The zero-order chi connectivity index (χ0) is 11.8. The Hall–Kier alpha value is -1.16. The lowest BCUT2D eigenvalue weighted by Crippen LogP contribution is -2.40. The average molecular weight is 221 g/mol. The van der Waals surface area contributed by atoms with E-state index in [0.717, 1.165) is 30.5 Å². The molecule has 1 aliphatic heterocycles. The van der Waals surface area contributed by atoms with Crippen molar-refractivity contribution in [2.24, 2.45) is 0 Å². The molecule has 0 radical (unpaired) electrons. The van der Waals surface area contributed by atoms with E-state index in [2.05, 4.69) is 36.1 Å². The molecule has 1 N–H and O–H groups in total.